The number of aromatic nitrogens is 1. The molecular formula is C12H15Cl2FN4O. The van der Waals surface area contributed by atoms with E-state index in [2.05, 4.69) is 15.6 Å². The zero-order chi connectivity index (χ0) is 14.0. The van der Waals surface area contributed by atoms with Crippen molar-refractivity contribution in [3.8, 4) is 6.07 Å². The van der Waals surface area contributed by atoms with E-state index in [1.807, 2.05) is 6.07 Å². The molecule has 1 aromatic heterocycles. The van der Waals surface area contributed by atoms with Gasteiger partial charge in [0.05, 0.1) is 11.1 Å². The third-order valence-corrected chi connectivity index (χ3v) is 3.65. The molecule has 0 unspecified atom stereocenters. The van der Waals surface area contributed by atoms with Crippen molar-refractivity contribution in [1.29, 1.82) is 5.26 Å². The van der Waals surface area contributed by atoms with Gasteiger partial charge in [0.25, 0.3) is 5.91 Å². The second kappa shape index (κ2) is 6.93. The van der Waals surface area contributed by atoms with E-state index >= 15 is 0 Å². The van der Waals surface area contributed by atoms with Crippen LogP contribution in [0.15, 0.2) is 0 Å². The summed E-state index contributed by atoms with van der Waals surface area (Å²) in [5.41, 5.74) is 0.738. The molecule has 1 aliphatic heterocycles. The number of halogens is 3. The summed E-state index contributed by atoms with van der Waals surface area (Å²) < 4.78 is 13.6. The first kappa shape index (κ1) is 16.8. The number of nitrogens with one attached hydrogen (secondary N) is 3. The molecular weight excluding hydrogens is 306 g/mol. The van der Waals surface area contributed by atoms with Gasteiger partial charge in [0.2, 0.25) is 0 Å². The zero-order valence-corrected chi connectivity index (χ0v) is 12.4. The highest BCUT2D eigenvalue weighted by atomic mass is 35.5. The maximum Gasteiger partial charge on any atom is 0.269 e. The highest BCUT2D eigenvalue weighted by molar-refractivity contribution is 6.33. The number of H-pyrrole nitrogens is 1. The molecule has 0 radical (unpaired) electrons. The lowest BCUT2D eigenvalue weighted by molar-refractivity contribution is 0.0887. The SMILES string of the molecule is Cc1[nH]c(C(=O)N[C@@H]2CCNC[C@@H]2F)c(C#N)c1Cl.Cl. The van der Waals surface area contributed by atoms with Crippen molar-refractivity contribution in [2.75, 3.05) is 13.1 Å². The van der Waals surface area contributed by atoms with Gasteiger partial charge in [0, 0.05) is 12.2 Å². The van der Waals surface area contributed by atoms with Crippen LogP contribution in [-0.2, 0) is 0 Å². The first-order valence-electron chi connectivity index (χ1n) is 5.98. The van der Waals surface area contributed by atoms with E-state index < -0.39 is 18.1 Å². The Bertz CT molecular complexity index is 540. The van der Waals surface area contributed by atoms with Crippen LogP contribution in [0.25, 0.3) is 0 Å². The van der Waals surface area contributed by atoms with Crippen molar-refractivity contribution in [1.82, 2.24) is 15.6 Å². The molecule has 2 rings (SSSR count). The Labute approximate surface area is 127 Å². The molecule has 1 aliphatic rings. The van der Waals surface area contributed by atoms with E-state index in [0.29, 0.717) is 18.7 Å². The molecule has 20 heavy (non-hydrogen) atoms. The van der Waals surface area contributed by atoms with Crippen molar-refractivity contribution in [2.24, 2.45) is 0 Å². The van der Waals surface area contributed by atoms with Crippen LogP contribution in [-0.4, -0.2) is 36.2 Å². The van der Waals surface area contributed by atoms with E-state index in [0.717, 1.165) is 0 Å². The fourth-order valence-electron chi connectivity index (χ4n) is 2.10. The van der Waals surface area contributed by atoms with Crippen LogP contribution in [0.2, 0.25) is 5.02 Å². The number of piperidine rings is 1. The van der Waals surface area contributed by atoms with Gasteiger partial charge in [-0.3, -0.25) is 4.79 Å². The second-order valence-electron chi connectivity index (χ2n) is 4.51. The van der Waals surface area contributed by atoms with Crippen LogP contribution in [0.3, 0.4) is 0 Å². The number of nitrogens with zero attached hydrogens (tertiary/aromatic N) is 1. The third-order valence-electron chi connectivity index (χ3n) is 3.17. The number of carbonyl (C=O) groups is 1. The fourth-order valence-corrected chi connectivity index (χ4v) is 2.29. The number of nitriles is 1. The van der Waals surface area contributed by atoms with E-state index in [9.17, 15) is 9.18 Å². The molecule has 3 N–H and O–H groups in total. The molecule has 2 heterocycles. The highest BCUT2D eigenvalue weighted by Crippen LogP contribution is 2.23. The Hall–Kier alpha value is -1.29. The number of hydrogen-bond donors (Lipinski definition) is 3. The number of hydrogen-bond acceptors (Lipinski definition) is 3. The molecule has 1 saturated heterocycles. The van der Waals surface area contributed by atoms with Crippen molar-refractivity contribution < 1.29 is 9.18 Å². The molecule has 0 aliphatic carbocycles. The largest absolute Gasteiger partial charge is 0.352 e. The number of rotatable bonds is 2. The summed E-state index contributed by atoms with van der Waals surface area (Å²) in [6.07, 6.45) is -0.614. The summed E-state index contributed by atoms with van der Waals surface area (Å²) in [6.45, 7) is 2.55. The van der Waals surface area contributed by atoms with Gasteiger partial charge < -0.3 is 15.6 Å². The Kier molecular flexibility index (Phi) is 5.81. The van der Waals surface area contributed by atoms with E-state index in [-0.39, 0.29) is 35.2 Å². The molecule has 0 saturated carbocycles. The smallest absolute Gasteiger partial charge is 0.269 e. The van der Waals surface area contributed by atoms with Crippen LogP contribution in [0, 0.1) is 18.3 Å². The van der Waals surface area contributed by atoms with E-state index in [1.54, 1.807) is 6.92 Å². The molecule has 1 amide bonds. The van der Waals surface area contributed by atoms with Gasteiger partial charge in [-0.25, -0.2) is 4.39 Å². The van der Waals surface area contributed by atoms with Crippen LogP contribution in [0.1, 0.15) is 28.2 Å². The molecule has 0 aromatic carbocycles. The van der Waals surface area contributed by atoms with Crippen molar-refractivity contribution in [2.45, 2.75) is 25.6 Å². The lowest BCUT2D eigenvalue weighted by atomic mass is 10.0. The summed E-state index contributed by atoms with van der Waals surface area (Å²) in [6, 6.07) is 1.34. The monoisotopic (exact) mass is 320 g/mol. The molecule has 0 bridgehead atoms. The van der Waals surface area contributed by atoms with Crippen LogP contribution >= 0.6 is 24.0 Å². The van der Waals surface area contributed by atoms with Gasteiger partial charge >= 0.3 is 0 Å². The lowest BCUT2D eigenvalue weighted by Crippen LogP contribution is -2.51. The number of aryl methyl sites for hydroxylation is 1. The molecule has 1 fully saturated rings. The normalized spacial score (nSPS) is 21.7. The fraction of sp³-hybridized carbons (Fsp3) is 0.500. The molecule has 2 atom stereocenters. The minimum absolute atomic E-state index is 0. The molecule has 8 heteroatoms. The zero-order valence-electron chi connectivity index (χ0n) is 10.8. The maximum atomic E-state index is 13.6. The van der Waals surface area contributed by atoms with Gasteiger partial charge in [-0.15, -0.1) is 12.4 Å². The number of alkyl halides is 1. The summed E-state index contributed by atoms with van der Waals surface area (Å²) in [5, 5.41) is 14.7. The maximum absolute atomic E-state index is 13.6. The van der Waals surface area contributed by atoms with Crippen molar-refractivity contribution >= 4 is 29.9 Å². The lowest BCUT2D eigenvalue weighted by Gasteiger charge is -2.27. The Morgan fingerprint density at radius 2 is 2.30 bits per heavy atom. The number of carbonyl (C=O) groups excluding carboxylic acids is 1. The standard InChI is InChI=1S/C12H14ClFN4O.ClH/c1-6-10(13)7(4-15)11(17-6)12(19)18-9-2-3-16-5-8(9)14;/h8-9,16-17H,2-3,5H2,1H3,(H,18,19);1H/t8-,9+;/m0./s1. The molecule has 0 spiro atoms. The minimum atomic E-state index is -1.13. The van der Waals surface area contributed by atoms with E-state index in [4.69, 9.17) is 16.9 Å². The van der Waals surface area contributed by atoms with Crippen molar-refractivity contribution in [3.63, 3.8) is 0 Å². The van der Waals surface area contributed by atoms with Gasteiger partial charge in [-0.1, -0.05) is 11.6 Å². The summed E-state index contributed by atoms with van der Waals surface area (Å²) in [5.74, 6) is -0.499. The first-order chi connectivity index (χ1) is 9.04. The summed E-state index contributed by atoms with van der Waals surface area (Å²) >= 11 is 5.91. The average Bonchev–Trinajstić information content (AvgIpc) is 2.68. The number of aromatic amines is 1. The van der Waals surface area contributed by atoms with Crippen LogP contribution in [0.4, 0.5) is 4.39 Å². The quantitative estimate of drug-likeness (QED) is 0.775. The first-order valence-corrected chi connectivity index (χ1v) is 6.36. The highest BCUT2D eigenvalue weighted by Gasteiger charge is 2.28. The van der Waals surface area contributed by atoms with Crippen LogP contribution in [0.5, 0.6) is 0 Å². The Balaban J connectivity index is 0.00000200. The topological polar surface area (TPSA) is 80.7 Å². The molecule has 1 aromatic rings. The van der Waals surface area contributed by atoms with E-state index in [1.165, 1.54) is 0 Å². The van der Waals surface area contributed by atoms with Gasteiger partial charge in [0.1, 0.15) is 23.5 Å². The van der Waals surface area contributed by atoms with Gasteiger partial charge in [-0.05, 0) is 19.9 Å². The van der Waals surface area contributed by atoms with Crippen molar-refractivity contribution in [3.05, 3.63) is 22.0 Å². The minimum Gasteiger partial charge on any atom is -0.352 e. The van der Waals surface area contributed by atoms with Crippen LogP contribution < -0.4 is 10.6 Å². The predicted molar refractivity (Wildman–Crippen MR) is 76.1 cm³/mol. The predicted octanol–water partition coefficient (Wildman–Crippen LogP) is 1.70. The van der Waals surface area contributed by atoms with Gasteiger partial charge in [-0.2, -0.15) is 5.26 Å². The second-order valence-corrected chi connectivity index (χ2v) is 4.89. The average molecular weight is 321 g/mol. The Morgan fingerprint density at radius 1 is 1.60 bits per heavy atom. The molecule has 5 nitrogen and oxygen atoms in total. The summed E-state index contributed by atoms with van der Waals surface area (Å²) in [4.78, 5) is 14.8. The van der Waals surface area contributed by atoms with Gasteiger partial charge in [0.15, 0.2) is 0 Å². The third kappa shape index (κ3) is 3.23. The Morgan fingerprint density at radius 3 is 2.90 bits per heavy atom. The molecule has 110 valence electrons. The number of amides is 1. The summed E-state index contributed by atoms with van der Waals surface area (Å²) in [7, 11) is 0.